The third-order valence-corrected chi connectivity index (χ3v) is 12.1. The average molecular weight is 685 g/mol. The molecule has 2 N–H and O–H groups in total. The highest BCUT2D eigenvalue weighted by Crippen LogP contribution is 2.48. The summed E-state index contributed by atoms with van der Waals surface area (Å²) in [4.78, 5) is 27.5. The molecule has 3 fully saturated rings. The summed E-state index contributed by atoms with van der Waals surface area (Å²) in [7, 11) is 0. The quantitative estimate of drug-likeness (QED) is 0.246. The third-order valence-electron chi connectivity index (χ3n) is 12.1. The summed E-state index contributed by atoms with van der Waals surface area (Å²) >= 11 is 0. The first-order chi connectivity index (χ1) is 23.0. The van der Waals surface area contributed by atoms with Crippen molar-refractivity contribution in [3.05, 3.63) is 47.1 Å². The Balaban J connectivity index is 1.57. The Kier molecular flexibility index (Phi) is 11.4. The number of allylic oxidation sites excluding steroid dienone is 2. The molecule has 5 aliphatic rings. The Morgan fingerprint density at radius 1 is 1.14 bits per heavy atom. The largest absolute Gasteiger partial charge is 0.462 e. The van der Waals surface area contributed by atoms with E-state index in [9.17, 15) is 19.8 Å². The lowest BCUT2D eigenvalue weighted by Crippen LogP contribution is -2.58. The van der Waals surface area contributed by atoms with Crippen LogP contribution in [0.3, 0.4) is 0 Å². The maximum Gasteiger partial charge on any atom is 0.316 e. The SMILES string of the molecule is CCC(C)[C@H]1O[C@]2(CC[C@@H]1C)C[C@@H]1C[C@@H](C/C=C(\C)[C@@H](OC(=O)C(C)(C)CC)[C@@H](C)/C=C/C=C3\CO[C@@H]4[C@H](O)C(C)=C[C@@H](C(=O)O1)[C@]34O)O2. The van der Waals surface area contributed by atoms with E-state index in [0.717, 1.165) is 18.4 Å². The van der Waals surface area contributed by atoms with E-state index in [4.69, 9.17) is 23.7 Å². The number of carbonyl (C=O) groups is 2. The first-order valence-corrected chi connectivity index (χ1v) is 18.6. The second-order valence-electron chi connectivity index (χ2n) is 16.2. The third kappa shape index (κ3) is 7.52. The maximum absolute atomic E-state index is 14.2. The number of rotatable bonds is 5. The highest BCUT2D eigenvalue weighted by Gasteiger charge is 2.60. The van der Waals surface area contributed by atoms with Crippen LogP contribution in [-0.4, -0.2) is 76.8 Å². The predicted octanol–water partition coefficient (Wildman–Crippen LogP) is 6.52. The highest BCUT2D eigenvalue weighted by molar-refractivity contribution is 5.78. The molecule has 49 heavy (non-hydrogen) atoms. The summed E-state index contributed by atoms with van der Waals surface area (Å²) in [6, 6.07) is 0. The van der Waals surface area contributed by atoms with Crippen molar-refractivity contribution in [2.24, 2.45) is 29.1 Å². The van der Waals surface area contributed by atoms with Gasteiger partial charge < -0.3 is 33.9 Å². The summed E-state index contributed by atoms with van der Waals surface area (Å²) in [5.74, 6) is -2.30. The van der Waals surface area contributed by atoms with E-state index in [1.807, 2.05) is 46.8 Å². The maximum atomic E-state index is 14.2. The molecule has 4 aliphatic heterocycles. The number of fused-ring (bicyclic) bond motifs is 2. The van der Waals surface area contributed by atoms with Crippen molar-refractivity contribution < 1.29 is 43.5 Å². The monoisotopic (exact) mass is 684 g/mol. The summed E-state index contributed by atoms with van der Waals surface area (Å²) in [6.07, 6.45) is 10.4. The van der Waals surface area contributed by atoms with Gasteiger partial charge in [-0.25, -0.2) is 0 Å². The molecule has 4 heterocycles. The Hall–Kier alpha value is -2.30. The van der Waals surface area contributed by atoms with Crippen molar-refractivity contribution in [3.63, 3.8) is 0 Å². The average Bonchev–Trinajstić information content (AvgIpc) is 3.40. The van der Waals surface area contributed by atoms with Crippen LogP contribution < -0.4 is 0 Å². The molecule has 12 atom stereocenters. The van der Waals surface area contributed by atoms with Crippen molar-refractivity contribution in [1.82, 2.24) is 0 Å². The van der Waals surface area contributed by atoms with Crippen molar-refractivity contribution in [2.75, 3.05) is 6.61 Å². The van der Waals surface area contributed by atoms with Crippen molar-refractivity contribution in [1.29, 1.82) is 0 Å². The van der Waals surface area contributed by atoms with Gasteiger partial charge in [0.2, 0.25) is 0 Å². The molecule has 1 spiro atoms. The summed E-state index contributed by atoms with van der Waals surface area (Å²) in [5.41, 5.74) is -0.495. The van der Waals surface area contributed by atoms with Gasteiger partial charge in [-0.1, -0.05) is 71.4 Å². The lowest BCUT2D eigenvalue weighted by molar-refractivity contribution is -0.340. The minimum absolute atomic E-state index is 0.0116. The molecule has 0 radical (unpaired) electrons. The molecule has 5 rings (SSSR count). The van der Waals surface area contributed by atoms with E-state index < -0.39 is 53.1 Å². The predicted molar refractivity (Wildman–Crippen MR) is 186 cm³/mol. The van der Waals surface area contributed by atoms with E-state index in [1.165, 1.54) is 0 Å². The summed E-state index contributed by atoms with van der Waals surface area (Å²) < 4.78 is 32.3. The molecule has 274 valence electrons. The zero-order valence-corrected chi connectivity index (χ0v) is 31.1. The zero-order chi connectivity index (χ0) is 35.9. The van der Waals surface area contributed by atoms with Crippen molar-refractivity contribution >= 4 is 11.9 Å². The van der Waals surface area contributed by atoms with Crippen LogP contribution >= 0.6 is 0 Å². The van der Waals surface area contributed by atoms with Crippen LogP contribution in [0.5, 0.6) is 0 Å². The van der Waals surface area contributed by atoms with Gasteiger partial charge in [0.1, 0.15) is 35.9 Å². The number of hydrogen-bond acceptors (Lipinski definition) is 9. The van der Waals surface area contributed by atoms with E-state index in [1.54, 1.807) is 19.1 Å². The molecule has 3 saturated heterocycles. The van der Waals surface area contributed by atoms with Gasteiger partial charge in [-0.2, -0.15) is 0 Å². The zero-order valence-electron chi connectivity index (χ0n) is 31.1. The molecular weight excluding hydrogens is 624 g/mol. The summed E-state index contributed by atoms with van der Waals surface area (Å²) in [5, 5.41) is 23.4. The van der Waals surface area contributed by atoms with Crippen LogP contribution in [0.15, 0.2) is 47.1 Å². The normalized spacial score (nSPS) is 43.6. The van der Waals surface area contributed by atoms with Gasteiger partial charge in [0, 0.05) is 25.2 Å². The lowest BCUT2D eigenvalue weighted by atomic mass is 9.71. The summed E-state index contributed by atoms with van der Waals surface area (Å²) in [6.45, 7) is 18.2. The highest BCUT2D eigenvalue weighted by atomic mass is 16.7. The molecule has 0 aromatic carbocycles. The van der Waals surface area contributed by atoms with Crippen LogP contribution in [0.25, 0.3) is 0 Å². The number of esters is 2. The van der Waals surface area contributed by atoms with Crippen LogP contribution in [0.2, 0.25) is 0 Å². The van der Waals surface area contributed by atoms with Crippen LogP contribution in [0, 0.1) is 29.1 Å². The molecule has 0 amide bonds. The molecule has 0 aromatic rings. The fraction of sp³-hybridized carbons (Fsp3) is 0.750. The molecule has 0 aromatic heterocycles. The minimum atomic E-state index is -1.80. The van der Waals surface area contributed by atoms with Crippen molar-refractivity contribution in [2.45, 2.75) is 155 Å². The fourth-order valence-electron chi connectivity index (χ4n) is 8.16. The molecule has 9 heteroatoms. The van der Waals surface area contributed by atoms with Gasteiger partial charge in [0.15, 0.2) is 5.79 Å². The standard InChI is InChI=1S/C40H60O9/c1-10-23(3)34-26(6)17-18-39(49-34)21-30-20-29(48-39)16-15-25(5)33(47-37(43)38(8,9)11-2)24(4)13-12-14-28-22-45-35-32(41)27(7)19-31(36(42)46-30)40(28,35)44/h12-15,19,23-24,26,29-35,41,44H,10-11,16-18,20-22H2,1-9H3/b13-12+,25-15+,28-14+/t23?,24-,26-,29+,30-,31-,32+,33-,34+,35+,39+,40+/m0/s1. The number of ether oxygens (including phenoxy) is 5. The molecular formula is C40H60O9. The number of hydrogen-bond donors (Lipinski definition) is 2. The molecule has 1 unspecified atom stereocenters. The van der Waals surface area contributed by atoms with E-state index in [0.29, 0.717) is 55.1 Å². The van der Waals surface area contributed by atoms with E-state index in [-0.39, 0.29) is 30.7 Å². The van der Waals surface area contributed by atoms with Gasteiger partial charge in [0.05, 0.1) is 24.2 Å². The van der Waals surface area contributed by atoms with Gasteiger partial charge in [0.25, 0.3) is 0 Å². The first kappa shape index (κ1) is 37.9. The lowest BCUT2D eigenvalue weighted by Gasteiger charge is -2.51. The first-order valence-electron chi connectivity index (χ1n) is 18.6. The van der Waals surface area contributed by atoms with Crippen LogP contribution in [0.1, 0.15) is 107 Å². The van der Waals surface area contributed by atoms with Gasteiger partial charge in [-0.05, 0) is 75.5 Å². The van der Waals surface area contributed by atoms with Crippen LogP contribution in [0.4, 0.5) is 0 Å². The molecule has 1 aliphatic carbocycles. The topological polar surface area (TPSA) is 121 Å². The van der Waals surface area contributed by atoms with Gasteiger partial charge in [-0.3, -0.25) is 9.59 Å². The number of aliphatic hydroxyl groups is 2. The van der Waals surface area contributed by atoms with Gasteiger partial charge >= 0.3 is 11.9 Å². The number of aliphatic hydroxyl groups excluding tert-OH is 1. The minimum Gasteiger partial charge on any atom is -0.462 e. The second kappa shape index (κ2) is 14.7. The fourth-order valence-corrected chi connectivity index (χ4v) is 8.16. The Morgan fingerprint density at radius 3 is 2.57 bits per heavy atom. The Morgan fingerprint density at radius 2 is 1.88 bits per heavy atom. The van der Waals surface area contributed by atoms with Gasteiger partial charge in [-0.15, -0.1) is 0 Å². The van der Waals surface area contributed by atoms with E-state index in [2.05, 4.69) is 26.8 Å². The van der Waals surface area contributed by atoms with Crippen molar-refractivity contribution in [3.8, 4) is 0 Å². The Bertz CT molecular complexity index is 1360. The molecule has 2 bridgehead atoms. The Labute approximate surface area is 293 Å². The molecule has 9 nitrogen and oxygen atoms in total. The van der Waals surface area contributed by atoms with E-state index >= 15 is 0 Å². The smallest absolute Gasteiger partial charge is 0.316 e. The number of carbonyl (C=O) groups excluding carboxylic acids is 2. The second-order valence-corrected chi connectivity index (χ2v) is 16.2. The van der Waals surface area contributed by atoms with Crippen LogP contribution in [-0.2, 0) is 33.3 Å². The molecule has 0 saturated carbocycles.